The van der Waals surface area contributed by atoms with Crippen molar-refractivity contribution in [2.75, 3.05) is 5.75 Å². The molecule has 0 unspecified atom stereocenters. The fourth-order valence-electron chi connectivity index (χ4n) is 2.48. The van der Waals surface area contributed by atoms with Gasteiger partial charge < -0.3 is 0 Å². The normalized spacial score (nSPS) is 12.7. The topological polar surface area (TPSA) is 89.8 Å². The Balaban J connectivity index is 1.94. The van der Waals surface area contributed by atoms with Crippen LogP contribution in [-0.4, -0.2) is 39.9 Å². The van der Waals surface area contributed by atoms with Crippen LogP contribution in [0.5, 0.6) is 0 Å². The number of aromatic nitrogens is 4. The fraction of sp³-hybridized carbons (Fsp3) is 0.933. The molecule has 9 heteroatoms. The molecule has 0 aliphatic heterocycles. The van der Waals surface area contributed by atoms with Gasteiger partial charge in [0.25, 0.3) is 0 Å². The van der Waals surface area contributed by atoms with Crippen LogP contribution < -0.4 is 4.72 Å². The molecule has 0 aliphatic carbocycles. The van der Waals surface area contributed by atoms with E-state index in [9.17, 15) is 8.42 Å². The van der Waals surface area contributed by atoms with Gasteiger partial charge in [-0.15, -0.1) is 17.7 Å². The number of tetrazole rings is 1. The summed E-state index contributed by atoms with van der Waals surface area (Å²) >= 11 is 4.16. The van der Waals surface area contributed by atoms with Gasteiger partial charge in [-0.2, -0.15) is 0 Å². The standard InChI is InChI=1S/C15H31N5O2S2/c1-15(2,3)17-24(21,22)13-11-9-7-5-4-6-8-10-12-20-14(23)16-18-19-20/h17H,4-13H2,1-3H3,(H,16,19,23). The number of hydrogen-bond donors (Lipinski definition) is 2. The second-order valence-corrected chi connectivity index (χ2v) is 9.44. The van der Waals surface area contributed by atoms with Crippen molar-refractivity contribution < 1.29 is 8.42 Å². The van der Waals surface area contributed by atoms with Crippen LogP contribution in [0.25, 0.3) is 0 Å². The Bertz CT molecular complexity index is 567. The summed E-state index contributed by atoms with van der Waals surface area (Å²) in [6.45, 7) is 6.40. The molecule has 24 heavy (non-hydrogen) atoms. The van der Waals surface area contributed by atoms with Crippen LogP contribution in [0.1, 0.15) is 72.1 Å². The zero-order valence-corrected chi connectivity index (χ0v) is 16.7. The van der Waals surface area contributed by atoms with Crippen LogP contribution in [-0.2, 0) is 16.6 Å². The molecule has 0 aliphatic rings. The molecule has 1 heterocycles. The van der Waals surface area contributed by atoms with Crippen molar-refractivity contribution in [1.82, 2.24) is 24.9 Å². The molecule has 0 amide bonds. The number of thiol groups is 1. The number of sulfonamides is 1. The van der Waals surface area contributed by atoms with Crippen molar-refractivity contribution in [3.8, 4) is 0 Å². The summed E-state index contributed by atoms with van der Waals surface area (Å²) in [7, 11) is -3.14. The van der Waals surface area contributed by atoms with Crippen molar-refractivity contribution in [2.45, 2.75) is 89.4 Å². The smallest absolute Gasteiger partial charge is 0.212 e. The van der Waals surface area contributed by atoms with Gasteiger partial charge >= 0.3 is 0 Å². The molecule has 0 aromatic carbocycles. The van der Waals surface area contributed by atoms with Crippen LogP contribution in [0.4, 0.5) is 0 Å². The van der Waals surface area contributed by atoms with Crippen molar-refractivity contribution in [2.24, 2.45) is 0 Å². The van der Waals surface area contributed by atoms with Gasteiger partial charge in [-0.05, 0) is 44.0 Å². The third-order valence-corrected chi connectivity index (χ3v) is 5.58. The molecule has 1 aromatic rings. The average Bonchev–Trinajstić information content (AvgIpc) is 2.83. The number of hydrogen-bond acceptors (Lipinski definition) is 6. The van der Waals surface area contributed by atoms with E-state index in [1.165, 1.54) is 12.8 Å². The molecular weight excluding hydrogens is 346 g/mol. The van der Waals surface area contributed by atoms with Crippen LogP contribution in [0.15, 0.2) is 5.16 Å². The second-order valence-electron chi connectivity index (χ2n) is 7.20. The molecule has 0 saturated heterocycles. The summed E-state index contributed by atoms with van der Waals surface area (Å²) in [6, 6.07) is 0. The van der Waals surface area contributed by atoms with Crippen molar-refractivity contribution >= 4 is 22.7 Å². The molecule has 140 valence electrons. The lowest BCUT2D eigenvalue weighted by Crippen LogP contribution is -2.41. The molecule has 0 bridgehead atoms. The van der Waals surface area contributed by atoms with E-state index in [4.69, 9.17) is 0 Å². The minimum absolute atomic E-state index is 0.224. The predicted octanol–water partition coefficient (Wildman–Crippen LogP) is 2.80. The van der Waals surface area contributed by atoms with Crippen LogP contribution >= 0.6 is 12.6 Å². The maximum atomic E-state index is 11.8. The lowest BCUT2D eigenvalue weighted by atomic mass is 10.1. The Morgan fingerprint density at radius 3 is 2.04 bits per heavy atom. The molecule has 1 N–H and O–H groups in total. The van der Waals surface area contributed by atoms with E-state index >= 15 is 0 Å². The van der Waals surface area contributed by atoms with Gasteiger partial charge in [0.05, 0.1) is 5.75 Å². The van der Waals surface area contributed by atoms with E-state index < -0.39 is 15.6 Å². The van der Waals surface area contributed by atoms with E-state index in [0.29, 0.717) is 5.16 Å². The van der Waals surface area contributed by atoms with E-state index in [-0.39, 0.29) is 5.75 Å². The lowest BCUT2D eigenvalue weighted by Gasteiger charge is -2.20. The van der Waals surface area contributed by atoms with Gasteiger partial charge in [0.15, 0.2) is 0 Å². The third kappa shape index (κ3) is 10.2. The minimum Gasteiger partial charge on any atom is -0.221 e. The van der Waals surface area contributed by atoms with E-state index in [1.54, 1.807) is 4.68 Å². The first-order valence-electron chi connectivity index (χ1n) is 8.66. The number of aryl methyl sites for hydroxylation is 1. The Hall–Kier alpha value is -0.670. The van der Waals surface area contributed by atoms with Crippen molar-refractivity contribution in [3.63, 3.8) is 0 Å². The largest absolute Gasteiger partial charge is 0.221 e. The Kier molecular flexibility index (Phi) is 9.22. The third-order valence-electron chi connectivity index (χ3n) is 3.51. The minimum atomic E-state index is -3.14. The van der Waals surface area contributed by atoms with Crippen molar-refractivity contribution in [3.05, 3.63) is 0 Å². The molecule has 0 saturated carbocycles. The van der Waals surface area contributed by atoms with Crippen LogP contribution in [0, 0.1) is 0 Å². The zero-order chi connectivity index (χ0) is 18.1. The summed E-state index contributed by atoms with van der Waals surface area (Å²) in [5.74, 6) is 0.224. The van der Waals surface area contributed by atoms with E-state index in [1.807, 2.05) is 20.8 Å². The lowest BCUT2D eigenvalue weighted by molar-refractivity contribution is 0.485. The highest BCUT2D eigenvalue weighted by Gasteiger charge is 2.18. The average molecular weight is 378 g/mol. The zero-order valence-electron chi connectivity index (χ0n) is 15.0. The Morgan fingerprint density at radius 1 is 1.00 bits per heavy atom. The number of rotatable bonds is 12. The van der Waals surface area contributed by atoms with Crippen LogP contribution in [0.3, 0.4) is 0 Å². The highest BCUT2D eigenvalue weighted by molar-refractivity contribution is 7.89. The quantitative estimate of drug-likeness (QED) is 0.432. The van der Waals surface area contributed by atoms with Gasteiger partial charge in [-0.1, -0.05) is 38.5 Å². The maximum Gasteiger partial charge on any atom is 0.212 e. The number of nitrogens with one attached hydrogen (secondary N) is 1. The number of nitrogens with zero attached hydrogens (tertiary/aromatic N) is 4. The summed E-state index contributed by atoms with van der Waals surface area (Å²) in [6.07, 6.45) is 8.54. The van der Waals surface area contributed by atoms with Gasteiger partial charge in [-0.3, -0.25) is 0 Å². The van der Waals surface area contributed by atoms with Gasteiger partial charge in [0, 0.05) is 12.1 Å². The highest BCUT2D eigenvalue weighted by atomic mass is 32.2. The van der Waals surface area contributed by atoms with Gasteiger partial charge in [-0.25, -0.2) is 17.8 Å². The monoisotopic (exact) mass is 377 g/mol. The predicted molar refractivity (Wildman–Crippen MR) is 98.7 cm³/mol. The van der Waals surface area contributed by atoms with Crippen molar-refractivity contribution in [1.29, 1.82) is 0 Å². The first-order chi connectivity index (χ1) is 11.2. The highest BCUT2D eigenvalue weighted by Crippen LogP contribution is 2.11. The first-order valence-corrected chi connectivity index (χ1v) is 10.8. The summed E-state index contributed by atoms with van der Waals surface area (Å²) in [5.41, 5.74) is -0.394. The second kappa shape index (κ2) is 10.4. The molecule has 0 radical (unpaired) electrons. The van der Waals surface area contributed by atoms with E-state index in [2.05, 4.69) is 32.9 Å². The SMILES string of the molecule is CC(C)(C)NS(=O)(=O)CCCCCCCCCCn1nnnc1S. The van der Waals surface area contributed by atoms with Gasteiger partial charge in [0.1, 0.15) is 0 Å². The van der Waals surface area contributed by atoms with Gasteiger partial charge in [0.2, 0.25) is 15.2 Å². The van der Waals surface area contributed by atoms with Crippen LogP contribution in [0.2, 0.25) is 0 Å². The molecule has 0 spiro atoms. The van der Waals surface area contributed by atoms with E-state index in [0.717, 1.165) is 45.1 Å². The summed E-state index contributed by atoms with van der Waals surface area (Å²) < 4.78 is 28.1. The molecule has 1 rings (SSSR count). The fourth-order valence-corrected chi connectivity index (χ4v) is 4.28. The number of unbranched alkanes of at least 4 members (excludes halogenated alkanes) is 7. The Labute approximate surface area is 151 Å². The first kappa shape index (κ1) is 21.4. The maximum absolute atomic E-state index is 11.8. The Morgan fingerprint density at radius 2 is 1.54 bits per heavy atom. The molecule has 7 nitrogen and oxygen atoms in total. The molecule has 0 fully saturated rings. The molecule has 1 aromatic heterocycles. The summed E-state index contributed by atoms with van der Waals surface area (Å²) in [4.78, 5) is 0. The molecular formula is C15H31N5O2S2. The summed E-state index contributed by atoms with van der Waals surface area (Å²) in [5, 5.41) is 11.7. The molecule has 0 atom stereocenters.